The highest BCUT2D eigenvalue weighted by molar-refractivity contribution is 7.20. The third-order valence-corrected chi connectivity index (χ3v) is 6.69. The number of pyridine rings is 1. The van der Waals surface area contributed by atoms with Crippen LogP contribution in [0, 0.1) is 6.92 Å². The van der Waals surface area contributed by atoms with Crippen molar-refractivity contribution in [3.05, 3.63) is 80.7 Å². The molecule has 5 rings (SSSR count). The van der Waals surface area contributed by atoms with E-state index < -0.39 is 0 Å². The minimum Gasteiger partial charge on any atom is -0.344 e. The number of nitrogens with one attached hydrogen (secondary N) is 1. The van der Waals surface area contributed by atoms with Gasteiger partial charge in [0.2, 0.25) is 0 Å². The number of hydrogen-bond acceptors (Lipinski definition) is 5. The largest absolute Gasteiger partial charge is 0.344 e. The molecule has 0 saturated heterocycles. The molecule has 4 aromatic heterocycles. The quantitative estimate of drug-likeness (QED) is 0.402. The summed E-state index contributed by atoms with van der Waals surface area (Å²) < 4.78 is 3.72. The number of benzene rings is 1. The first kappa shape index (κ1) is 20.0. The first-order chi connectivity index (χ1) is 15.0. The van der Waals surface area contributed by atoms with E-state index >= 15 is 0 Å². The minimum absolute atomic E-state index is 0.163. The molecular weight excluding hydrogens is 455 g/mol. The lowest BCUT2D eigenvalue weighted by atomic mass is 10.2. The molecule has 7 nitrogen and oxygen atoms in total. The van der Waals surface area contributed by atoms with E-state index in [9.17, 15) is 4.79 Å². The van der Waals surface area contributed by atoms with Crippen molar-refractivity contribution in [3.63, 3.8) is 0 Å². The Morgan fingerprint density at radius 1 is 1.16 bits per heavy atom. The van der Waals surface area contributed by atoms with Gasteiger partial charge in [0.25, 0.3) is 5.91 Å². The van der Waals surface area contributed by atoms with Gasteiger partial charge in [-0.25, -0.2) is 0 Å². The van der Waals surface area contributed by atoms with Gasteiger partial charge in [0.15, 0.2) is 11.5 Å². The lowest BCUT2D eigenvalue weighted by Crippen LogP contribution is -2.23. The normalized spacial score (nSPS) is 11.5. The highest BCUT2D eigenvalue weighted by Crippen LogP contribution is 2.30. The van der Waals surface area contributed by atoms with E-state index in [-0.39, 0.29) is 12.5 Å². The molecule has 0 aliphatic rings. The second-order valence-electron chi connectivity index (χ2n) is 7.04. The second kappa shape index (κ2) is 7.96. The number of fused-ring (bicyclic) bond motifs is 2. The van der Waals surface area contributed by atoms with E-state index in [2.05, 4.69) is 20.6 Å². The van der Waals surface area contributed by atoms with Crippen LogP contribution in [0.15, 0.2) is 48.7 Å². The van der Waals surface area contributed by atoms with Gasteiger partial charge >= 0.3 is 0 Å². The van der Waals surface area contributed by atoms with Crippen molar-refractivity contribution < 1.29 is 4.79 Å². The maximum atomic E-state index is 12.8. The molecule has 10 heteroatoms. The van der Waals surface area contributed by atoms with Crippen molar-refractivity contribution in [3.8, 4) is 0 Å². The average Bonchev–Trinajstić information content (AvgIpc) is 3.44. The summed E-state index contributed by atoms with van der Waals surface area (Å²) in [4.78, 5) is 14.3. The van der Waals surface area contributed by atoms with Gasteiger partial charge in [-0.1, -0.05) is 35.3 Å². The van der Waals surface area contributed by atoms with E-state index in [4.69, 9.17) is 23.2 Å². The molecule has 0 radical (unpaired) electrons. The number of amides is 1. The molecule has 0 unspecified atom stereocenters. The molecule has 0 saturated carbocycles. The van der Waals surface area contributed by atoms with E-state index in [0.717, 1.165) is 27.1 Å². The smallest absolute Gasteiger partial charge is 0.261 e. The Morgan fingerprint density at radius 2 is 2.03 bits per heavy atom. The maximum Gasteiger partial charge on any atom is 0.261 e. The minimum atomic E-state index is -0.163. The van der Waals surface area contributed by atoms with Crippen LogP contribution in [-0.4, -0.2) is 30.3 Å². The fourth-order valence-corrected chi connectivity index (χ4v) is 4.95. The van der Waals surface area contributed by atoms with Crippen LogP contribution in [0.25, 0.3) is 15.9 Å². The number of rotatable bonds is 5. The van der Waals surface area contributed by atoms with Crippen LogP contribution in [0.2, 0.25) is 10.0 Å². The number of nitrogens with zero attached hydrogens (tertiary/aromatic N) is 5. The topological polar surface area (TPSA) is 77.1 Å². The summed E-state index contributed by atoms with van der Waals surface area (Å²) in [5.41, 5.74) is 2.51. The average molecular weight is 471 g/mol. The van der Waals surface area contributed by atoms with Gasteiger partial charge in [0.1, 0.15) is 4.83 Å². The van der Waals surface area contributed by atoms with Crippen molar-refractivity contribution >= 4 is 56.3 Å². The number of hydrogen-bond donors (Lipinski definition) is 1. The third-order valence-electron chi connectivity index (χ3n) is 4.96. The highest BCUT2D eigenvalue weighted by atomic mass is 35.5. The summed E-state index contributed by atoms with van der Waals surface area (Å²) in [6.45, 7) is 2.70. The van der Waals surface area contributed by atoms with Crippen LogP contribution < -0.4 is 5.32 Å². The summed E-state index contributed by atoms with van der Waals surface area (Å²) >= 11 is 13.7. The Hall–Kier alpha value is -2.94. The van der Waals surface area contributed by atoms with Crippen molar-refractivity contribution in [2.24, 2.45) is 0 Å². The molecule has 0 aliphatic carbocycles. The standard InChI is InChI=1S/C21H16Cl2N6OS/c1-12-15-9-17(20(30)24-10-19-26-25-18-4-2-3-7-28(18)19)31-21(15)29(27-12)11-13-5-6-14(22)8-16(13)23/h2-9H,10-11H2,1H3,(H,24,30). The van der Waals surface area contributed by atoms with E-state index in [1.807, 2.05) is 52.5 Å². The van der Waals surface area contributed by atoms with Gasteiger partial charge in [-0.15, -0.1) is 21.5 Å². The molecule has 1 amide bonds. The molecule has 0 spiro atoms. The first-order valence-electron chi connectivity index (χ1n) is 9.47. The first-order valence-corrected chi connectivity index (χ1v) is 11.0. The molecule has 0 fully saturated rings. The fourth-order valence-electron chi connectivity index (χ4n) is 3.40. The van der Waals surface area contributed by atoms with Crippen molar-refractivity contribution in [2.45, 2.75) is 20.0 Å². The van der Waals surface area contributed by atoms with Crippen molar-refractivity contribution in [1.82, 2.24) is 29.7 Å². The fraction of sp³-hybridized carbons (Fsp3) is 0.143. The van der Waals surface area contributed by atoms with E-state index in [1.165, 1.54) is 11.3 Å². The Kier molecular flexibility index (Phi) is 5.13. The summed E-state index contributed by atoms with van der Waals surface area (Å²) in [6, 6.07) is 12.9. The Morgan fingerprint density at radius 3 is 2.87 bits per heavy atom. The highest BCUT2D eigenvalue weighted by Gasteiger charge is 2.17. The molecule has 1 aromatic carbocycles. The van der Waals surface area contributed by atoms with Crippen molar-refractivity contribution in [1.29, 1.82) is 0 Å². The van der Waals surface area contributed by atoms with Crippen LogP contribution in [0.4, 0.5) is 0 Å². The van der Waals surface area contributed by atoms with Crippen LogP contribution in [0.3, 0.4) is 0 Å². The molecule has 31 heavy (non-hydrogen) atoms. The number of aromatic nitrogens is 5. The molecule has 0 atom stereocenters. The van der Waals surface area contributed by atoms with Gasteiger partial charge < -0.3 is 5.32 Å². The van der Waals surface area contributed by atoms with E-state index in [0.29, 0.717) is 27.3 Å². The summed E-state index contributed by atoms with van der Waals surface area (Å²) in [5.74, 6) is 0.508. The number of carbonyl (C=O) groups is 1. The molecular formula is C21H16Cl2N6OS. The number of carbonyl (C=O) groups excluding carboxylic acids is 1. The van der Waals surface area contributed by atoms with Crippen LogP contribution in [0.5, 0.6) is 0 Å². The predicted molar refractivity (Wildman–Crippen MR) is 122 cm³/mol. The lowest BCUT2D eigenvalue weighted by molar-refractivity contribution is 0.0954. The van der Waals surface area contributed by atoms with Crippen LogP contribution in [0.1, 0.15) is 26.8 Å². The Balaban J connectivity index is 1.38. The Labute approximate surface area is 191 Å². The molecule has 5 aromatic rings. The summed E-state index contributed by atoms with van der Waals surface area (Å²) in [5, 5.41) is 17.9. The molecule has 4 heterocycles. The lowest BCUT2D eigenvalue weighted by Gasteiger charge is -2.06. The van der Waals surface area contributed by atoms with Crippen molar-refractivity contribution in [2.75, 3.05) is 0 Å². The molecule has 1 N–H and O–H groups in total. The van der Waals surface area contributed by atoms with Gasteiger partial charge in [-0.3, -0.25) is 13.9 Å². The zero-order valence-electron chi connectivity index (χ0n) is 16.3. The molecule has 156 valence electrons. The number of aryl methyl sites for hydroxylation is 1. The van der Waals surface area contributed by atoms with Crippen LogP contribution >= 0.6 is 34.5 Å². The zero-order chi connectivity index (χ0) is 21.5. The summed E-state index contributed by atoms with van der Waals surface area (Å²) in [7, 11) is 0. The summed E-state index contributed by atoms with van der Waals surface area (Å²) in [6.07, 6.45) is 1.87. The molecule has 0 aliphatic heterocycles. The maximum absolute atomic E-state index is 12.8. The van der Waals surface area contributed by atoms with E-state index in [1.54, 1.807) is 12.1 Å². The second-order valence-corrected chi connectivity index (χ2v) is 8.91. The van der Waals surface area contributed by atoms with Gasteiger partial charge in [0, 0.05) is 21.6 Å². The van der Waals surface area contributed by atoms with Gasteiger partial charge in [0.05, 0.1) is 23.7 Å². The predicted octanol–water partition coefficient (Wildman–Crippen LogP) is 4.73. The number of halogens is 2. The zero-order valence-corrected chi connectivity index (χ0v) is 18.7. The van der Waals surface area contributed by atoms with Gasteiger partial charge in [-0.05, 0) is 42.8 Å². The molecule has 0 bridgehead atoms. The number of thiophene rings is 1. The van der Waals surface area contributed by atoms with Crippen LogP contribution in [-0.2, 0) is 13.1 Å². The SMILES string of the molecule is Cc1nn(Cc2ccc(Cl)cc2Cl)c2sc(C(=O)NCc3nnc4ccccn34)cc12. The monoisotopic (exact) mass is 470 g/mol. The Bertz CT molecular complexity index is 1440. The third kappa shape index (κ3) is 3.78. The van der Waals surface area contributed by atoms with Gasteiger partial charge in [-0.2, -0.15) is 5.10 Å².